The topological polar surface area (TPSA) is 50.1 Å². The Hall–Kier alpha value is -1.29. The van der Waals surface area contributed by atoms with Crippen molar-refractivity contribution in [2.75, 3.05) is 6.54 Å². The van der Waals surface area contributed by atoms with Gasteiger partial charge in [0.1, 0.15) is 0 Å². The lowest BCUT2D eigenvalue weighted by molar-refractivity contribution is -0.141. The summed E-state index contributed by atoms with van der Waals surface area (Å²) in [5.41, 5.74) is 0.436. The first-order valence-corrected chi connectivity index (χ1v) is 7.00. The Bertz CT molecular complexity index is 453. The molecule has 0 saturated heterocycles. The molecule has 1 heterocycles. The lowest BCUT2D eigenvalue weighted by Crippen LogP contribution is -2.34. The molecule has 0 aliphatic heterocycles. The van der Waals surface area contributed by atoms with Gasteiger partial charge in [-0.05, 0) is 12.8 Å². The molecule has 0 fully saturated rings. The van der Waals surface area contributed by atoms with E-state index in [2.05, 4.69) is 10.4 Å². The largest absolute Gasteiger partial charge is 0.389 e. The van der Waals surface area contributed by atoms with E-state index in [1.54, 1.807) is 7.05 Å². The molecule has 2 N–H and O–H groups in total. The molecule has 0 aromatic carbocycles. The monoisotopic (exact) mass is 347 g/mol. The number of halogens is 6. The van der Waals surface area contributed by atoms with E-state index in [0.717, 1.165) is 0 Å². The second-order valence-electron chi connectivity index (χ2n) is 5.38. The number of aliphatic hydroxyl groups is 1. The third-order valence-electron chi connectivity index (χ3n) is 3.26. The molecule has 0 bridgehead atoms. The van der Waals surface area contributed by atoms with Crippen molar-refractivity contribution >= 4 is 0 Å². The summed E-state index contributed by atoms with van der Waals surface area (Å²) >= 11 is 0. The minimum absolute atomic E-state index is 0.147. The fourth-order valence-electron chi connectivity index (χ4n) is 2.03. The molecule has 0 aliphatic carbocycles. The van der Waals surface area contributed by atoms with Gasteiger partial charge in [-0.3, -0.25) is 4.68 Å². The number of nitrogens with one attached hydrogen (secondary N) is 1. The molecule has 0 spiro atoms. The summed E-state index contributed by atoms with van der Waals surface area (Å²) in [5, 5.41) is 16.3. The smallest absolute Gasteiger partial charge is 0.387 e. The molecule has 0 radical (unpaired) electrons. The van der Waals surface area contributed by atoms with E-state index in [0.29, 0.717) is 5.56 Å². The predicted molar refractivity (Wildman–Crippen MR) is 70.5 cm³/mol. The fraction of sp³-hybridized carbons (Fsp3) is 0.769. The Labute approximate surface area is 129 Å². The lowest BCUT2D eigenvalue weighted by Gasteiger charge is -2.21. The van der Waals surface area contributed by atoms with Crippen LogP contribution in [0.2, 0.25) is 0 Å². The van der Waals surface area contributed by atoms with E-state index in [4.69, 9.17) is 0 Å². The van der Waals surface area contributed by atoms with Crippen molar-refractivity contribution in [3.05, 3.63) is 18.0 Å². The van der Waals surface area contributed by atoms with Crippen LogP contribution in [0.1, 0.15) is 37.4 Å². The van der Waals surface area contributed by atoms with Crippen molar-refractivity contribution in [3.8, 4) is 0 Å². The fourth-order valence-corrected chi connectivity index (χ4v) is 2.03. The van der Waals surface area contributed by atoms with Crippen LogP contribution in [0.5, 0.6) is 0 Å². The maximum Gasteiger partial charge on any atom is 0.389 e. The van der Waals surface area contributed by atoms with Gasteiger partial charge in [-0.15, -0.1) is 0 Å². The highest BCUT2D eigenvalue weighted by molar-refractivity contribution is 5.08. The molecule has 4 nitrogen and oxygen atoms in total. The molecule has 0 amide bonds. The highest BCUT2D eigenvalue weighted by Gasteiger charge is 2.31. The van der Waals surface area contributed by atoms with Gasteiger partial charge in [0.2, 0.25) is 0 Å². The van der Waals surface area contributed by atoms with Gasteiger partial charge in [0.25, 0.3) is 0 Å². The summed E-state index contributed by atoms with van der Waals surface area (Å²) in [6, 6.07) is -0.982. The van der Waals surface area contributed by atoms with E-state index in [1.807, 2.05) is 0 Å². The molecule has 1 aromatic rings. The number of aromatic nitrogens is 2. The van der Waals surface area contributed by atoms with Gasteiger partial charge >= 0.3 is 12.4 Å². The van der Waals surface area contributed by atoms with E-state index in [9.17, 15) is 31.4 Å². The van der Waals surface area contributed by atoms with E-state index in [-0.39, 0.29) is 6.54 Å². The van der Waals surface area contributed by atoms with Gasteiger partial charge in [-0.25, -0.2) is 0 Å². The quantitative estimate of drug-likeness (QED) is 0.711. The summed E-state index contributed by atoms with van der Waals surface area (Å²) in [6.45, 7) is -0.147. The minimum Gasteiger partial charge on any atom is -0.387 e. The molecular weight excluding hydrogens is 328 g/mol. The van der Waals surface area contributed by atoms with Gasteiger partial charge in [0, 0.05) is 44.2 Å². The molecule has 1 unspecified atom stereocenters. The zero-order valence-corrected chi connectivity index (χ0v) is 12.5. The molecular formula is C13H19F6N3O. The van der Waals surface area contributed by atoms with Crippen LogP contribution in [0.25, 0.3) is 0 Å². The summed E-state index contributed by atoms with van der Waals surface area (Å²) in [6.07, 6.45) is -10.3. The third kappa shape index (κ3) is 8.80. The number of alkyl halides is 6. The first-order chi connectivity index (χ1) is 10.5. The van der Waals surface area contributed by atoms with Crippen molar-refractivity contribution in [2.24, 2.45) is 7.05 Å². The maximum atomic E-state index is 12.2. The zero-order chi connectivity index (χ0) is 17.7. The van der Waals surface area contributed by atoms with Gasteiger partial charge in [0.15, 0.2) is 0 Å². The molecule has 134 valence electrons. The Kier molecular flexibility index (Phi) is 6.87. The summed E-state index contributed by atoms with van der Waals surface area (Å²) < 4.78 is 74.9. The first kappa shape index (κ1) is 19.8. The SMILES string of the molecule is Cn1cc(C(O)CNC(CCC(F)(F)F)CCC(F)(F)F)cn1. The number of hydrogen-bond acceptors (Lipinski definition) is 3. The number of nitrogens with zero attached hydrogens (tertiary/aromatic N) is 2. The van der Waals surface area contributed by atoms with Crippen LogP contribution in [-0.4, -0.2) is 39.8 Å². The van der Waals surface area contributed by atoms with Crippen LogP contribution in [0.4, 0.5) is 26.3 Å². The van der Waals surface area contributed by atoms with Gasteiger partial charge in [-0.2, -0.15) is 31.4 Å². The maximum absolute atomic E-state index is 12.2. The van der Waals surface area contributed by atoms with Crippen molar-refractivity contribution in [2.45, 2.75) is 50.2 Å². The van der Waals surface area contributed by atoms with E-state index in [1.165, 1.54) is 17.1 Å². The summed E-state index contributed by atoms with van der Waals surface area (Å²) in [4.78, 5) is 0. The molecule has 1 rings (SSSR count). The molecule has 0 aliphatic rings. The normalized spacial score (nSPS) is 14.5. The van der Waals surface area contributed by atoms with Crippen molar-refractivity contribution in [1.82, 2.24) is 15.1 Å². The van der Waals surface area contributed by atoms with Crippen LogP contribution in [0.15, 0.2) is 12.4 Å². The average Bonchev–Trinajstić information content (AvgIpc) is 2.82. The molecule has 10 heteroatoms. The van der Waals surface area contributed by atoms with Crippen molar-refractivity contribution in [1.29, 1.82) is 0 Å². The van der Waals surface area contributed by atoms with Gasteiger partial charge < -0.3 is 10.4 Å². The van der Waals surface area contributed by atoms with Crippen LogP contribution in [0, 0.1) is 0 Å². The number of rotatable bonds is 8. The van der Waals surface area contributed by atoms with Crippen molar-refractivity contribution in [3.63, 3.8) is 0 Å². The minimum atomic E-state index is -4.43. The number of aryl methyl sites for hydroxylation is 1. The zero-order valence-electron chi connectivity index (χ0n) is 12.5. The Morgan fingerprint density at radius 3 is 2.04 bits per heavy atom. The Morgan fingerprint density at radius 2 is 1.65 bits per heavy atom. The van der Waals surface area contributed by atoms with Crippen LogP contribution < -0.4 is 5.32 Å². The molecule has 1 aromatic heterocycles. The third-order valence-corrected chi connectivity index (χ3v) is 3.26. The van der Waals surface area contributed by atoms with Gasteiger partial charge in [0.05, 0.1) is 12.3 Å². The van der Waals surface area contributed by atoms with E-state index < -0.39 is 50.2 Å². The van der Waals surface area contributed by atoms with Crippen LogP contribution in [0.3, 0.4) is 0 Å². The second kappa shape index (κ2) is 8.00. The van der Waals surface area contributed by atoms with E-state index >= 15 is 0 Å². The second-order valence-corrected chi connectivity index (χ2v) is 5.38. The first-order valence-electron chi connectivity index (χ1n) is 7.00. The van der Waals surface area contributed by atoms with Crippen LogP contribution >= 0.6 is 0 Å². The predicted octanol–water partition coefficient (Wildman–Crippen LogP) is 3.10. The molecule has 1 atom stereocenters. The highest BCUT2D eigenvalue weighted by atomic mass is 19.4. The number of aliphatic hydroxyl groups excluding tert-OH is 1. The number of hydrogen-bond donors (Lipinski definition) is 2. The molecule has 23 heavy (non-hydrogen) atoms. The van der Waals surface area contributed by atoms with Crippen molar-refractivity contribution < 1.29 is 31.4 Å². The Morgan fingerprint density at radius 1 is 1.13 bits per heavy atom. The lowest BCUT2D eigenvalue weighted by atomic mass is 10.0. The van der Waals surface area contributed by atoms with Crippen LogP contribution in [-0.2, 0) is 7.05 Å². The highest BCUT2D eigenvalue weighted by Crippen LogP contribution is 2.27. The summed E-state index contributed by atoms with van der Waals surface area (Å²) in [7, 11) is 1.62. The standard InChI is InChI=1S/C13H19F6N3O/c1-22-8-9(6-21-22)11(23)7-20-10(2-4-12(14,15)16)3-5-13(17,18)19/h6,8,10-11,20,23H,2-5,7H2,1H3. The Balaban J connectivity index is 2.53. The van der Waals surface area contributed by atoms with Gasteiger partial charge in [-0.1, -0.05) is 0 Å². The summed E-state index contributed by atoms with van der Waals surface area (Å²) in [5.74, 6) is 0. The average molecular weight is 347 g/mol. The molecule has 0 saturated carbocycles.